The van der Waals surface area contributed by atoms with Crippen LogP contribution in [-0.2, 0) is 11.2 Å². The maximum atomic E-state index is 13.1. The van der Waals surface area contributed by atoms with Crippen molar-refractivity contribution in [1.82, 2.24) is 14.9 Å². The Kier molecular flexibility index (Phi) is 5.76. The number of hydrogen-bond donors (Lipinski definition) is 0. The number of pyridine rings is 1. The average Bonchev–Trinajstić information content (AvgIpc) is 3.43. The van der Waals surface area contributed by atoms with E-state index in [9.17, 15) is 4.79 Å². The number of thiazole rings is 1. The standard InChI is InChI=1S/C22H23N3O3S/c1-27-17-7-8-20(28-2)18(12-17)19-6-4-10-25(19)21(26)11-16-14-29-22(24-16)15-5-3-9-23-13-15/h3,5,7-9,12-14,19H,4,6,10-11H2,1-2H3. The second-order valence-corrected chi connectivity index (χ2v) is 7.77. The lowest BCUT2D eigenvalue weighted by molar-refractivity contribution is -0.131. The lowest BCUT2D eigenvalue weighted by Crippen LogP contribution is -2.32. The summed E-state index contributed by atoms with van der Waals surface area (Å²) in [4.78, 5) is 23.8. The highest BCUT2D eigenvalue weighted by Crippen LogP contribution is 2.39. The fraction of sp³-hybridized carbons (Fsp3) is 0.318. The molecule has 6 nitrogen and oxygen atoms in total. The molecule has 1 aromatic carbocycles. The van der Waals surface area contributed by atoms with Gasteiger partial charge in [-0.05, 0) is 43.2 Å². The van der Waals surface area contributed by atoms with Crippen molar-refractivity contribution in [3.8, 4) is 22.1 Å². The van der Waals surface area contributed by atoms with E-state index in [1.54, 1.807) is 26.6 Å². The molecule has 1 saturated heterocycles. The first-order chi connectivity index (χ1) is 14.2. The fourth-order valence-electron chi connectivity index (χ4n) is 3.75. The number of benzene rings is 1. The highest BCUT2D eigenvalue weighted by molar-refractivity contribution is 7.13. The Morgan fingerprint density at radius 1 is 1.28 bits per heavy atom. The van der Waals surface area contributed by atoms with Crippen LogP contribution in [0.25, 0.3) is 10.6 Å². The van der Waals surface area contributed by atoms with E-state index < -0.39 is 0 Å². The predicted octanol–water partition coefficient (Wildman–Crippen LogP) is 4.13. The highest BCUT2D eigenvalue weighted by atomic mass is 32.1. The van der Waals surface area contributed by atoms with Gasteiger partial charge >= 0.3 is 0 Å². The van der Waals surface area contributed by atoms with Crippen molar-refractivity contribution >= 4 is 17.2 Å². The number of carbonyl (C=O) groups excluding carboxylic acids is 1. The molecule has 1 atom stereocenters. The van der Waals surface area contributed by atoms with Crippen molar-refractivity contribution in [1.29, 1.82) is 0 Å². The molecule has 1 amide bonds. The zero-order valence-electron chi connectivity index (χ0n) is 16.5. The van der Waals surface area contributed by atoms with Crippen molar-refractivity contribution in [2.75, 3.05) is 20.8 Å². The summed E-state index contributed by atoms with van der Waals surface area (Å²) >= 11 is 1.54. The van der Waals surface area contributed by atoms with Crippen molar-refractivity contribution < 1.29 is 14.3 Å². The largest absolute Gasteiger partial charge is 0.497 e. The molecule has 150 valence electrons. The number of ether oxygens (including phenoxy) is 2. The first kappa shape index (κ1) is 19.4. The molecule has 0 radical (unpaired) electrons. The van der Waals surface area contributed by atoms with E-state index in [0.717, 1.165) is 52.7 Å². The van der Waals surface area contributed by atoms with Gasteiger partial charge in [0, 0.05) is 35.4 Å². The summed E-state index contributed by atoms with van der Waals surface area (Å²) in [6.07, 6.45) is 5.69. The van der Waals surface area contributed by atoms with Gasteiger partial charge in [0.15, 0.2) is 0 Å². The van der Waals surface area contributed by atoms with Crippen LogP contribution in [0.4, 0.5) is 0 Å². The van der Waals surface area contributed by atoms with Gasteiger partial charge in [0.25, 0.3) is 0 Å². The molecule has 1 unspecified atom stereocenters. The molecular weight excluding hydrogens is 386 g/mol. The van der Waals surface area contributed by atoms with Gasteiger partial charge in [-0.15, -0.1) is 11.3 Å². The lowest BCUT2D eigenvalue weighted by atomic mass is 10.0. The number of carbonyl (C=O) groups is 1. The third-order valence-electron chi connectivity index (χ3n) is 5.16. The predicted molar refractivity (Wildman–Crippen MR) is 112 cm³/mol. The van der Waals surface area contributed by atoms with Crippen molar-refractivity contribution in [2.24, 2.45) is 0 Å². The minimum Gasteiger partial charge on any atom is -0.497 e. The van der Waals surface area contributed by atoms with Gasteiger partial charge in [-0.1, -0.05) is 0 Å². The van der Waals surface area contributed by atoms with Crippen LogP contribution in [0.5, 0.6) is 11.5 Å². The summed E-state index contributed by atoms with van der Waals surface area (Å²) in [5.41, 5.74) is 2.76. The van der Waals surface area contributed by atoms with Crippen molar-refractivity contribution in [3.63, 3.8) is 0 Å². The number of rotatable bonds is 6. The Labute approximate surface area is 174 Å². The lowest BCUT2D eigenvalue weighted by Gasteiger charge is -2.26. The van der Waals surface area contributed by atoms with Gasteiger partial charge in [0.05, 0.1) is 32.4 Å². The Morgan fingerprint density at radius 3 is 2.93 bits per heavy atom. The van der Waals surface area contributed by atoms with Crippen LogP contribution >= 0.6 is 11.3 Å². The molecular formula is C22H23N3O3S. The first-order valence-corrected chi connectivity index (χ1v) is 10.4. The van der Waals surface area contributed by atoms with E-state index in [4.69, 9.17) is 9.47 Å². The molecule has 0 aliphatic carbocycles. The van der Waals surface area contributed by atoms with Crippen LogP contribution in [0.2, 0.25) is 0 Å². The van der Waals surface area contributed by atoms with Gasteiger partial charge in [0.2, 0.25) is 5.91 Å². The number of hydrogen-bond acceptors (Lipinski definition) is 6. The Hall–Kier alpha value is -2.93. The summed E-state index contributed by atoms with van der Waals surface area (Å²) in [5, 5.41) is 2.84. The molecule has 0 N–H and O–H groups in total. The normalized spacial score (nSPS) is 16.1. The van der Waals surface area contributed by atoms with E-state index in [2.05, 4.69) is 9.97 Å². The van der Waals surface area contributed by atoms with Gasteiger partial charge in [-0.2, -0.15) is 0 Å². The maximum absolute atomic E-state index is 13.1. The molecule has 7 heteroatoms. The Balaban J connectivity index is 1.52. The molecule has 1 aliphatic rings. The summed E-state index contributed by atoms with van der Waals surface area (Å²) in [5.74, 6) is 1.63. The van der Waals surface area contributed by atoms with Crippen LogP contribution in [0.3, 0.4) is 0 Å². The van der Waals surface area contributed by atoms with Gasteiger partial charge in [-0.25, -0.2) is 4.98 Å². The molecule has 3 heterocycles. The quantitative estimate of drug-likeness (QED) is 0.613. The van der Waals surface area contributed by atoms with Gasteiger partial charge < -0.3 is 14.4 Å². The van der Waals surface area contributed by atoms with Crippen LogP contribution < -0.4 is 9.47 Å². The third kappa shape index (κ3) is 4.10. The molecule has 29 heavy (non-hydrogen) atoms. The summed E-state index contributed by atoms with van der Waals surface area (Å²) in [7, 11) is 3.30. The summed E-state index contributed by atoms with van der Waals surface area (Å²) in [6, 6.07) is 9.59. The maximum Gasteiger partial charge on any atom is 0.229 e. The zero-order chi connectivity index (χ0) is 20.2. The average molecular weight is 410 g/mol. The fourth-order valence-corrected chi connectivity index (χ4v) is 4.57. The highest BCUT2D eigenvalue weighted by Gasteiger charge is 2.32. The summed E-state index contributed by atoms with van der Waals surface area (Å²) < 4.78 is 10.9. The van der Waals surface area contributed by atoms with Crippen molar-refractivity contribution in [3.05, 3.63) is 59.4 Å². The first-order valence-electron chi connectivity index (χ1n) is 9.56. The SMILES string of the molecule is COc1ccc(OC)c(C2CCCN2C(=O)Cc2csc(-c3cccnc3)n2)c1. The summed E-state index contributed by atoms with van der Waals surface area (Å²) in [6.45, 7) is 0.740. The van der Waals surface area contributed by atoms with Crippen LogP contribution in [0.1, 0.15) is 30.1 Å². The number of aromatic nitrogens is 2. The molecule has 1 fully saturated rings. The molecule has 3 aromatic rings. The van der Waals surface area contributed by atoms with Crippen LogP contribution in [0.15, 0.2) is 48.1 Å². The minimum atomic E-state index is -0.0102. The number of amides is 1. The minimum absolute atomic E-state index is 0.0102. The van der Waals surface area contributed by atoms with Crippen LogP contribution in [0, 0.1) is 0 Å². The smallest absolute Gasteiger partial charge is 0.229 e. The van der Waals surface area contributed by atoms with Gasteiger partial charge in [-0.3, -0.25) is 9.78 Å². The number of methoxy groups -OCH3 is 2. The van der Waals surface area contributed by atoms with Gasteiger partial charge in [0.1, 0.15) is 16.5 Å². The van der Waals surface area contributed by atoms with E-state index in [0.29, 0.717) is 6.42 Å². The van der Waals surface area contributed by atoms with Crippen LogP contribution in [-0.4, -0.2) is 41.5 Å². The third-order valence-corrected chi connectivity index (χ3v) is 6.10. The van der Waals surface area contributed by atoms with E-state index >= 15 is 0 Å². The Morgan fingerprint density at radius 2 is 2.17 bits per heavy atom. The topological polar surface area (TPSA) is 64.6 Å². The molecule has 0 spiro atoms. The van der Waals surface area contributed by atoms with E-state index in [1.807, 2.05) is 40.6 Å². The van der Waals surface area contributed by atoms with E-state index in [1.165, 1.54) is 11.3 Å². The van der Waals surface area contributed by atoms with Crippen molar-refractivity contribution in [2.45, 2.75) is 25.3 Å². The molecule has 2 aromatic heterocycles. The number of likely N-dealkylation sites (tertiary alicyclic amines) is 1. The molecule has 0 bridgehead atoms. The molecule has 4 rings (SSSR count). The monoisotopic (exact) mass is 409 g/mol. The molecule has 1 aliphatic heterocycles. The second kappa shape index (κ2) is 8.61. The van der Waals surface area contributed by atoms with E-state index in [-0.39, 0.29) is 11.9 Å². The Bertz CT molecular complexity index is 990. The molecule has 0 saturated carbocycles. The number of nitrogens with zero attached hydrogens (tertiary/aromatic N) is 3. The zero-order valence-corrected chi connectivity index (χ0v) is 17.3. The second-order valence-electron chi connectivity index (χ2n) is 6.92.